The molecule has 0 radical (unpaired) electrons. The summed E-state index contributed by atoms with van der Waals surface area (Å²) in [5.41, 5.74) is 0.577. The maximum absolute atomic E-state index is 8.73. The molecule has 3 N–H and O–H groups in total. The van der Waals surface area contributed by atoms with Crippen molar-refractivity contribution in [3.8, 4) is 5.75 Å². The van der Waals surface area contributed by atoms with Crippen molar-refractivity contribution >= 4 is 0 Å². The molecule has 0 aromatic carbocycles. The molecule has 0 atom stereocenters. The summed E-state index contributed by atoms with van der Waals surface area (Å²) in [6, 6.07) is 3.49. The van der Waals surface area contributed by atoms with Crippen LogP contribution >= 0.6 is 0 Å². The van der Waals surface area contributed by atoms with Crippen molar-refractivity contribution in [3.05, 3.63) is 23.8 Å². The van der Waals surface area contributed by atoms with Gasteiger partial charge >= 0.3 is 0 Å². The Kier molecular flexibility index (Phi) is 3.33. The minimum absolute atomic E-state index is 0.0551. The van der Waals surface area contributed by atoms with Crippen LogP contribution in [0.25, 0.3) is 0 Å². The lowest BCUT2D eigenvalue weighted by Gasteiger charge is -2.06. The van der Waals surface area contributed by atoms with Crippen LogP contribution in [-0.4, -0.2) is 23.4 Å². The number of methoxy groups -OCH3 is 1. The van der Waals surface area contributed by atoms with Gasteiger partial charge in [-0.25, -0.2) is 0 Å². The number of rotatable bonds is 3. The van der Waals surface area contributed by atoms with Gasteiger partial charge in [0.05, 0.1) is 13.7 Å². The molecule has 0 bridgehead atoms. The van der Waals surface area contributed by atoms with Crippen molar-refractivity contribution in [2.45, 2.75) is 6.54 Å². The zero-order valence-electron chi connectivity index (χ0n) is 7.47. The summed E-state index contributed by atoms with van der Waals surface area (Å²) < 4.78 is 6.74. The predicted octanol–water partition coefficient (Wildman–Crippen LogP) is -0.737. The highest BCUT2D eigenvalue weighted by Crippen LogP contribution is 2.03. The molecule has 0 saturated heterocycles. The second kappa shape index (κ2) is 4.51. The first kappa shape index (κ1) is 9.60. The highest BCUT2D eigenvalue weighted by molar-refractivity contribution is 5.17. The Morgan fingerprint density at radius 2 is 2.46 bits per heavy atom. The highest BCUT2D eigenvalue weighted by atomic mass is 16.5. The molecule has 13 heavy (non-hydrogen) atoms. The first-order chi connectivity index (χ1) is 6.31. The minimum Gasteiger partial charge on any atom is -0.497 e. The zero-order chi connectivity index (χ0) is 9.68. The molecular weight excluding hydrogens is 170 g/mol. The normalized spacial score (nSPS) is 11.7. The largest absolute Gasteiger partial charge is 0.497 e. The third-order valence-corrected chi connectivity index (χ3v) is 1.69. The van der Waals surface area contributed by atoms with Crippen molar-refractivity contribution in [3.63, 3.8) is 0 Å². The van der Waals surface area contributed by atoms with Gasteiger partial charge < -0.3 is 20.3 Å². The SMILES string of the molecule is COc1ccn(CCO)/c(=N\N)c1. The average Bonchev–Trinajstić information content (AvgIpc) is 2.19. The molecule has 0 saturated carbocycles. The summed E-state index contributed by atoms with van der Waals surface area (Å²) in [6.07, 6.45) is 1.76. The quantitative estimate of drug-likeness (QED) is 0.479. The summed E-state index contributed by atoms with van der Waals surface area (Å²) in [6.45, 7) is 0.527. The summed E-state index contributed by atoms with van der Waals surface area (Å²) in [7, 11) is 1.58. The molecular formula is C8H13N3O2. The lowest BCUT2D eigenvalue weighted by Crippen LogP contribution is -2.23. The van der Waals surface area contributed by atoms with Gasteiger partial charge in [-0.2, -0.15) is 5.10 Å². The van der Waals surface area contributed by atoms with Gasteiger partial charge in [0.15, 0.2) is 5.49 Å². The summed E-state index contributed by atoms with van der Waals surface area (Å²) in [5, 5.41) is 12.3. The first-order valence-electron chi connectivity index (χ1n) is 3.91. The first-order valence-corrected chi connectivity index (χ1v) is 3.91. The Balaban J connectivity index is 3.09. The molecule has 72 valence electrons. The molecule has 0 aliphatic carbocycles. The van der Waals surface area contributed by atoms with Gasteiger partial charge in [0, 0.05) is 18.8 Å². The van der Waals surface area contributed by atoms with E-state index in [0.29, 0.717) is 17.8 Å². The number of hydrogen-bond acceptors (Lipinski definition) is 4. The topological polar surface area (TPSA) is 72.8 Å². The van der Waals surface area contributed by atoms with Crippen LogP contribution in [0.2, 0.25) is 0 Å². The second-order valence-electron chi connectivity index (χ2n) is 2.47. The van der Waals surface area contributed by atoms with Gasteiger partial charge in [-0.05, 0) is 6.07 Å². The van der Waals surface area contributed by atoms with Gasteiger partial charge in [0.1, 0.15) is 5.75 Å². The molecule has 5 nitrogen and oxygen atoms in total. The van der Waals surface area contributed by atoms with Crippen molar-refractivity contribution in [1.82, 2.24) is 4.57 Å². The molecule has 1 rings (SSSR count). The number of aliphatic hydroxyl groups is 1. The molecule has 5 heteroatoms. The maximum atomic E-state index is 8.73. The zero-order valence-corrected chi connectivity index (χ0v) is 7.47. The van der Waals surface area contributed by atoms with Crippen molar-refractivity contribution in [2.75, 3.05) is 13.7 Å². The molecule has 0 fully saturated rings. The summed E-state index contributed by atoms with van der Waals surface area (Å²) >= 11 is 0. The van der Waals surface area contributed by atoms with E-state index in [1.54, 1.807) is 30.0 Å². The van der Waals surface area contributed by atoms with E-state index in [2.05, 4.69) is 5.10 Å². The number of pyridine rings is 1. The molecule has 1 heterocycles. The van der Waals surface area contributed by atoms with E-state index in [4.69, 9.17) is 15.7 Å². The molecule has 1 aromatic rings. The lowest BCUT2D eigenvalue weighted by molar-refractivity contribution is 0.273. The lowest BCUT2D eigenvalue weighted by atomic mass is 10.4. The smallest absolute Gasteiger partial charge is 0.155 e. The van der Waals surface area contributed by atoms with E-state index >= 15 is 0 Å². The fourth-order valence-electron chi connectivity index (χ4n) is 1.03. The third-order valence-electron chi connectivity index (χ3n) is 1.69. The Morgan fingerprint density at radius 3 is 3.00 bits per heavy atom. The number of nitrogens with zero attached hydrogens (tertiary/aromatic N) is 2. The van der Waals surface area contributed by atoms with Gasteiger partial charge in [-0.15, -0.1) is 0 Å². The summed E-state index contributed by atoms with van der Waals surface area (Å²) in [4.78, 5) is 0. The Bertz CT molecular complexity index is 332. The average molecular weight is 183 g/mol. The molecule has 1 aromatic heterocycles. The second-order valence-corrected chi connectivity index (χ2v) is 2.47. The van der Waals surface area contributed by atoms with Crippen LogP contribution in [0.1, 0.15) is 0 Å². The Hall–Kier alpha value is -1.49. The van der Waals surface area contributed by atoms with Crippen molar-refractivity contribution in [1.29, 1.82) is 0 Å². The van der Waals surface area contributed by atoms with Crippen LogP contribution in [0, 0.1) is 0 Å². The van der Waals surface area contributed by atoms with E-state index in [-0.39, 0.29) is 6.61 Å². The van der Waals surface area contributed by atoms with Gasteiger partial charge in [0.25, 0.3) is 0 Å². The van der Waals surface area contributed by atoms with E-state index in [1.165, 1.54) is 0 Å². The van der Waals surface area contributed by atoms with Crippen LogP contribution in [0.15, 0.2) is 23.4 Å². The fourth-order valence-corrected chi connectivity index (χ4v) is 1.03. The molecule has 0 amide bonds. The Morgan fingerprint density at radius 1 is 1.69 bits per heavy atom. The van der Waals surface area contributed by atoms with Crippen LogP contribution < -0.4 is 16.1 Å². The van der Waals surface area contributed by atoms with Crippen LogP contribution in [0.3, 0.4) is 0 Å². The van der Waals surface area contributed by atoms with E-state index in [9.17, 15) is 0 Å². The molecule has 0 spiro atoms. The minimum atomic E-state index is 0.0551. The number of nitrogens with two attached hydrogens (primary N) is 1. The molecule has 0 aliphatic heterocycles. The predicted molar refractivity (Wildman–Crippen MR) is 47.8 cm³/mol. The number of aliphatic hydroxyl groups excluding tert-OH is 1. The molecule has 0 unspecified atom stereocenters. The third kappa shape index (κ3) is 2.22. The fraction of sp³-hybridized carbons (Fsp3) is 0.375. The van der Waals surface area contributed by atoms with Crippen molar-refractivity contribution in [2.24, 2.45) is 10.9 Å². The van der Waals surface area contributed by atoms with Gasteiger partial charge in [0.2, 0.25) is 0 Å². The maximum Gasteiger partial charge on any atom is 0.155 e. The number of hydrogen-bond donors (Lipinski definition) is 2. The molecule has 0 aliphatic rings. The van der Waals surface area contributed by atoms with Crippen LogP contribution in [0.5, 0.6) is 5.75 Å². The Labute approximate surface area is 76.1 Å². The van der Waals surface area contributed by atoms with Gasteiger partial charge in [-0.3, -0.25) is 0 Å². The number of aromatic nitrogens is 1. The standard InChI is InChI=1S/C8H13N3O2/c1-13-7-2-3-11(4-5-12)8(6-7)10-9/h2-3,6,12H,4-5,9H2,1H3/b10-8-. The monoisotopic (exact) mass is 183 g/mol. The van der Waals surface area contributed by atoms with Gasteiger partial charge in [-0.1, -0.05) is 0 Å². The van der Waals surface area contributed by atoms with E-state index in [0.717, 1.165) is 0 Å². The van der Waals surface area contributed by atoms with E-state index < -0.39 is 0 Å². The highest BCUT2D eigenvalue weighted by Gasteiger charge is 1.95. The summed E-state index contributed by atoms with van der Waals surface area (Å²) in [5.74, 6) is 5.86. The van der Waals surface area contributed by atoms with Crippen molar-refractivity contribution < 1.29 is 9.84 Å². The number of ether oxygens (including phenoxy) is 1. The van der Waals surface area contributed by atoms with Crippen LogP contribution in [-0.2, 0) is 6.54 Å². The van der Waals surface area contributed by atoms with Crippen LogP contribution in [0.4, 0.5) is 0 Å². The van der Waals surface area contributed by atoms with E-state index in [1.807, 2.05) is 0 Å².